The van der Waals surface area contributed by atoms with Gasteiger partial charge in [-0.25, -0.2) is 13.1 Å². The van der Waals surface area contributed by atoms with E-state index < -0.39 is 32.7 Å². The van der Waals surface area contributed by atoms with Crippen LogP contribution in [0.15, 0.2) is 29.2 Å². The zero-order valence-corrected chi connectivity index (χ0v) is 12.8. The van der Waals surface area contributed by atoms with Crippen molar-refractivity contribution in [2.75, 3.05) is 0 Å². The van der Waals surface area contributed by atoms with Gasteiger partial charge in [-0.1, -0.05) is 37.7 Å². The van der Waals surface area contributed by atoms with E-state index in [4.69, 9.17) is 18.0 Å². The van der Waals surface area contributed by atoms with Crippen LogP contribution in [0.3, 0.4) is 0 Å². The van der Waals surface area contributed by atoms with Crippen LogP contribution in [-0.4, -0.2) is 19.4 Å². The number of halogens is 3. The van der Waals surface area contributed by atoms with E-state index in [2.05, 4.69) is 4.72 Å². The molecule has 4 nitrogen and oxygen atoms in total. The van der Waals surface area contributed by atoms with Crippen LogP contribution in [0.1, 0.15) is 25.3 Å². The number of hydrogen-bond donors (Lipinski definition) is 2. The van der Waals surface area contributed by atoms with Crippen LogP contribution in [0.4, 0.5) is 13.2 Å². The number of nitrogens with two attached hydrogens (primary N) is 1. The normalized spacial score (nSPS) is 13.9. The number of benzene rings is 1. The van der Waals surface area contributed by atoms with Gasteiger partial charge in [0.2, 0.25) is 10.0 Å². The minimum atomic E-state index is -4.77. The molecule has 0 bridgehead atoms. The zero-order chi connectivity index (χ0) is 16.3. The second kappa shape index (κ2) is 6.71. The maximum atomic E-state index is 12.9. The van der Waals surface area contributed by atoms with Crippen molar-refractivity contribution in [3.63, 3.8) is 0 Å². The fourth-order valence-electron chi connectivity index (χ4n) is 1.73. The minimum Gasteiger partial charge on any atom is -0.392 e. The van der Waals surface area contributed by atoms with E-state index in [1.807, 2.05) is 0 Å². The molecular formula is C12H15F3N2O2S2. The summed E-state index contributed by atoms with van der Waals surface area (Å²) in [5.41, 5.74) is 4.19. The fraction of sp³-hybridized carbons (Fsp3) is 0.417. The largest absolute Gasteiger partial charge is 0.417 e. The first kappa shape index (κ1) is 17.9. The van der Waals surface area contributed by atoms with E-state index in [9.17, 15) is 21.6 Å². The minimum absolute atomic E-state index is 0.107. The van der Waals surface area contributed by atoms with Gasteiger partial charge in [0, 0.05) is 0 Å². The highest BCUT2D eigenvalue weighted by Gasteiger charge is 2.37. The lowest BCUT2D eigenvalue weighted by Crippen LogP contribution is -2.43. The Morgan fingerprint density at radius 2 is 1.95 bits per heavy atom. The van der Waals surface area contributed by atoms with Gasteiger partial charge in [-0.15, -0.1) is 0 Å². The smallest absolute Gasteiger partial charge is 0.392 e. The molecule has 0 aliphatic heterocycles. The number of alkyl halides is 3. The molecule has 0 radical (unpaired) electrons. The number of rotatable bonds is 6. The molecule has 0 saturated heterocycles. The third-order valence-electron chi connectivity index (χ3n) is 2.70. The van der Waals surface area contributed by atoms with Crippen molar-refractivity contribution in [2.45, 2.75) is 36.9 Å². The molecule has 3 N–H and O–H groups in total. The van der Waals surface area contributed by atoms with E-state index in [0.29, 0.717) is 18.9 Å². The van der Waals surface area contributed by atoms with E-state index in [1.54, 1.807) is 6.92 Å². The number of nitrogens with one attached hydrogen (secondary N) is 1. The molecule has 118 valence electrons. The van der Waals surface area contributed by atoms with Crippen molar-refractivity contribution < 1.29 is 21.6 Å². The molecule has 9 heteroatoms. The van der Waals surface area contributed by atoms with E-state index in [0.717, 1.165) is 12.1 Å². The molecule has 0 amide bonds. The Bertz CT molecular complexity index is 615. The second-order valence-electron chi connectivity index (χ2n) is 4.36. The van der Waals surface area contributed by atoms with Crippen molar-refractivity contribution in [1.29, 1.82) is 0 Å². The maximum absolute atomic E-state index is 12.9. The maximum Gasteiger partial charge on any atom is 0.417 e. The van der Waals surface area contributed by atoms with Crippen LogP contribution >= 0.6 is 12.2 Å². The van der Waals surface area contributed by atoms with Gasteiger partial charge in [0.1, 0.15) is 0 Å². The topological polar surface area (TPSA) is 72.2 Å². The molecule has 0 aromatic heterocycles. The molecule has 1 aromatic rings. The van der Waals surface area contributed by atoms with Crippen molar-refractivity contribution in [3.05, 3.63) is 29.8 Å². The third kappa shape index (κ3) is 4.65. The summed E-state index contributed by atoms with van der Waals surface area (Å²) in [6.07, 6.45) is -3.89. The molecule has 0 aliphatic rings. The van der Waals surface area contributed by atoms with Gasteiger partial charge < -0.3 is 5.73 Å². The Balaban J connectivity index is 3.23. The first-order valence-corrected chi connectivity index (χ1v) is 7.96. The lowest BCUT2D eigenvalue weighted by atomic mass is 10.2. The van der Waals surface area contributed by atoms with Gasteiger partial charge in [0.15, 0.2) is 0 Å². The van der Waals surface area contributed by atoms with E-state index >= 15 is 0 Å². The molecule has 0 aliphatic carbocycles. The summed E-state index contributed by atoms with van der Waals surface area (Å²) in [6.45, 7) is 1.78. The average Bonchev–Trinajstić information content (AvgIpc) is 2.37. The molecular weight excluding hydrogens is 325 g/mol. The van der Waals surface area contributed by atoms with Crippen LogP contribution in [-0.2, 0) is 16.2 Å². The van der Waals surface area contributed by atoms with Gasteiger partial charge in [0.05, 0.1) is 21.5 Å². The molecule has 0 saturated carbocycles. The summed E-state index contributed by atoms with van der Waals surface area (Å²) in [5.74, 6) is 0. The average molecular weight is 340 g/mol. The number of sulfonamides is 1. The predicted molar refractivity (Wildman–Crippen MR) is 77.2 cm³/mol. The second-order valence-corrected chi connectivity index (χ2v) is 6.51. The Labute approximate surface area is 126 Å². The SMILES string of the molecule is CCCC(NS(=O)(=O)c1ccccc1C(F)(F)F)C(N)=S. The lowest BCUT2D eigenvalue weighted by molar-refractivity contribution is -0.139. The van der Waals surface area contributed by atoms with Crippen molar-refractivity contribution in [3.8, 4) is 0 Å². The van der Waals surface area contributed by atoms with Crippen LogP contribution < -0.4 is 10.5 Å². The predicted octanol–water partition coefficient (Wildman–Crippen LogP) is 2.44. The highest BCUT2D eigenvalue weighted by atomic mass is 32.2. The summed E-state index contributed by atoms with van der Waals surface area (Å²) in [6, 6.07) is 3.08. The van der Waals surface area contributed by atoms with Gasteiger partial charge in [-0.05, 0) is 18.6 Å². The Kier molecular flexibility index (Phi) is 5.71. The molecule has 0 fully saturated rings. The quantitative estimate of drug-likeness (QED) is 0.780. The van der Waals surface area contributed by atoms with Crippen LogP contribution in [0.2, 0.25) is 0 Å². The van der Waals surface area contributed by atoms with Crippen molar-refractivity contribution in [2.24, 2.45) is 5.73 Å². The molecule has 0 spiro atoms. The summed E-state index contributed by atoms with van der Waals surface area (Å²) in [5, 5.41) is 0. The van der Waals surface area contributed by atoms with Crippen molar-refractivity contribution >= 4 is 27.2 Å². The number of thiocarbonyl (C=S) groups is 1. The highest BCUT2D eigenvalue weighted by Crippen LogP contribution is 2.33. The molecule has 0 heterocycles. The van der Waals surface area contributed by atoms with Gasteiger partial charge in [-0.2, -0.15) is 13.2 Å². The molecule has 1 aromatic carbocycles. The Hall–Kier alpha value is -1.19. The third-order valence-corrected chi connectivity index (χ3v) is 4.51. The van der Waals surface area contributed by atoms with Crippen LogP contribution in [0.5, 0.6) is 0 Å². The van der Waals surface area contributed by atoms with Crippen LogP contribution in [0.25, 0.3) is 0 Å². The fourth-order valence-corrected chi connectivity index (χ4v) is 3.46. The molecule has 21 heavy (non-hydrogen) atoms. The van der Waals surface area contributed by atoms with E-state index in [1.165, 1.54) is 6.07 Å². The standard InChI is InChI=1S/C12H15F3N2O2S2/c1-2-5-9(11(16)20)17-21(18,19)10-7-4-3-6-8(10)12(13,14)15/h3-4,6-7,9,17H,2,5H2,1H3,(H2,16,20). The van der Waals surface area contributed by atoms with Crippen molar-refractivity contribution in [1.82, 2.24) is 4.72 Å². The summed E-state index contributed by atoms with van der Waals surface area (Å²) >= 11 is 4.74. The Morgan fingerprint density at radius 3 is 2.43 bits per heavy atom. The zero-order valence-electron chi connectivity index (χ0n) is 11.1. The lowest BCUT2D eigenvalue weighted by Gasteiger charge is -2.19. The van der Waals surface area contributed by atoms with Gasteiger partial charge in [0.25, 0.3) is 0 Å². The molecule has 1 rings (SSSR count). The first-order valence-electron chi connectivity index (χ1n) is 6.07. The molecule has 1 atom stereocenters. The Morgan fingerprint density at radius 1 is 1.38 bits per heavy atom. The van der Waals surface area contributed by atoms with E-state index in [-0.39, 0.29) is 4.99 Å². The molecule has 1 unspecified atom stereocenters. The van der Waals surface area contributed by atoms with Gasteiger partial charge >= 0.3 is 6.18 Å². The summed E-state index contributed by atoms with van der Waals surface area (Å²) in [7, 11) is -4.38. The van der Waals surface area contributed by atoms with Gasteiger partial charge in [-0.3, -0.25) is 0 Å². The number of hydrogen-bond acceptors (Lipinski definition) is 3. The first-order chi connectivity index (χ1) is 9.59. The highest BCUT2D eigenvalue weighted by molar-refractivity contribution is 7.89. The summed E-state index contributed by atoms with van der Waals surface area (Å²) < 4.78 is 65.1. The monoisotopic (exact) mass is 340 g/mol. The van der Waals surface area contributed by atoms with Crippen LogP contribution in [0, 0.1) is 0 Å². The summed E-state index contributed by atoms with van der Waals surface area (Å²) in [4.78, 5) is -0.945.